The Morgan fingerprint density at radius 3 is 0.608 bits per heavy atom. The monoisotopic (exact) mass is 1160 g/mol. The normalized spacial score (nSPS) is 11.5. The minimum Gasteiger partial charge on any atom is -0.490 e. The van der Waals surface area contributed by atoms with E-state index in [0.29, 0.717) is 121 Å². The van der Waals surface area contributed by atoms with E-state index in [1.165, 1.54) is 0 Å². The van der Waals surface area contributed by atoms with Gasteiger partial charge in [-0.25, -0.2) is 0 Å². The first kappa shape index (κ1) is 58.9. The molecule has 6 rings (SSSR count). The molecule has 0 fully saturated rings. The summed E-state index contributed by atoms with van der Waals surface area (Å²) in [6.45, 7) is 2.10. The molecule has 74 heavy (non-hydrogen) atoms. The van der Waals surface area contributed by atoms with E-state index in [2.05, 4.69) is 36.4 Å². The van der Waals surface area contributed by atoms with E-state index in [0.717, 1.165) is 92.4 Å². The molecule has 0 N–H and O–H groups in total. The largest absolute Gasteiger partial charge is 0.490 e. The molecule has 0 atom stereocenters. The summed E-state index contributed by atoms with van der Waals surface area (Å²) in [7, 11) is 0. The van der Waals surface area contributed by atoms with Crippen LogP contribution in [0.25, 0.3) is 0 Å². The highest BCUT2D eigenvalue weighted by atomic mass is 35.5. The van der Waals surface area contributed by atoms with Gasteiger partial charge in [0.25, 0.3) is 0 Å². The smallest absolute Gasteiger partial charge is 0.120 e. The SMILES string of the molecule is ClCc1cc(CCl)cc(OCc2cc(COc3cc(CCl)cc(CCl)c3)cc(OCC=CCC/C=C/CC/C=C/COc3cc(COc4cc(CCl)cc(CCl)c4)cc(COc4cc(CCl)cc(CCl)c4)c3)c2)c1. The van der Waals surface area contributed by atoms with Crippen LogP contribution in [-0.2, 0) is 73.5 Å². The van der Waals surface area contributed by atoms with E-state index in [1.54, 1.807) is 0 Å². The number of hydrogen-bond acceptors (Lipinski definition) is 6. The second kappa shape index (κ2) is 33.0. The zero-order valence-electron chi connectivity index (χ0n) is 41.1. The third-order valence-corrected chi connectivity index (χ3v) is 13.7. The average Bonchev–Trinajstić information content (AvgIpc) is 3.44. The molecule has 0 radical (unpaired) electrons. The molecule has 0 aliphatic carbocycles. The molecule has 0 aliphatic heterocycles. The van der Waals surface area contributed by atoms with E-state index in [-0.39, 0.29) is 0 Å². The van der Waals surface area contributed by atoms with Gasteiger partial charge in [-0.05, 0) is 177 Å². The molecule has 0 saturated heterocycles. The molecule has 14 heteroatoms. The molecule has 0 aliphatic rings. The Morgan fingerprint density at radius 1 is 0.216 bits per heavy atom. The van der Waals surface area contributed by atoms with Crippen LogP contribution >= 0.6 is 92.8 Å². The summed E-state index contributed by atoms with van der Waals surface area (Å²) in [5.74, 6) is 7.17. The summed E-state index contributed by atoms with van der Waals surface area (Å²) in [6.07, 6.45) is 16.4. The molecular weight excluding hydrogens is 1100 g/mol. The predicted molar refractivity (Wildman–Crippen MR) is 309 cm³/mol. The minimum atomic E-state index is 0.317. The van der Waals surface area contributed by atoms with Gasteiger partial charge in [0.15, 0.2) is 0 Å². The average molecular weight is 1160 g/mol. The van der Waals surface area contributed by atoms with Gasteiger partial charge >= 0.3 is 0 Å². The summed E-state index contributed by atoms with van der Waals surface area (Å²) >= 11 is 49.1. The second-order valence-corrected chi connectivity index (χ2v) is 19.5. The van der Waals surface area contributed by atoms with Gasteiger partial charge in [0.1, 0.15) is 74.1 Å². The second-order valence-electron chi connectivity index (χ2n) is 17.3. The zero-order chi connectivity index (χ0) is 52.3. The van der Waals surface area contributed by atoms with Crippen molar-refractivity contribution in [2.75, 3.05) is 13.2 Å². The van der Waals surface area contributed by atoms with Crippen molar-refractivity contribution in [2.24, 2.45) is 0 Å². The molecule has 0 amide bonds. The van der Waals surface area contributed by atoms with Crippen LogP contribution in [0.4, 0.5) is 0 Å². The number of alkyl halides is 8. The first-order valence-electron chi connectivity index (χ1n) is 24.2. The number of unbranched alkanes of at least 4 members (excludes halogenated alkanes) is 2. The van der Waals surface area contributed by atoms with Crippen LogP contribution in [0.3, 0.4) is 0 Å². The van der Waals surface area contributed by atoms with Gasteiger partial charge in [0.2, 0.25) is 0 Å². The van der Waals surface area contributed by atoms with Crippen LogP contribution < -0.4 is 28.4 Å². The lowest BCUT2D eigenvalue weighted by molar-refractivity contribution is 0.296. The number of allylic oxidation sites excluding steroid dienone is 4. The first-order chi connectivity index (χ1) is 36.2. The van der Waals surface area contributed by atoms with Crippen molar-refractivity contribution in [2.45, 2.75) is 99.2 Å². The van der Waals surface area contributed by atoms with Crippen LogP contribution in [0, 0.1) is 0 Å². The fourth-order valence-corrected chi connectivity index (χ4v) is 9.00. The molecule has 6 aromatic rings. The lowest BCUT2D eigenvalue weighted by atomic mass is 10.1. The van der Waals surface area contributed by atoms with Gasteiger partial charge in [-0.1, -0.05) is 60.7 Å². The van der Waals surface area contributed by atoms with Gasteiger partial charge in [0, 0.05) is 47.0 Å². The summed E-state index contributed by atoms with van der Waals surface area (Å²) in [4.78, 5) is 0. The molecule has 0 spiro atoms. The van der Waals surface area contributed by atoms with Gasteiger partial charge in [0.05, 0.1) is 0 Å². The third-order valence-electron chi connectivity index (χ3n) is 11.2. The Labute approximate surface area is 477 Å². The number of hydrogen-bond donors (Lipinski definition) is 0. The molecule has 6 nitrogen and oxygen atoms in total. The quantitative estimate of drug-likeness (QED) is 0.0238. The molecule has 0 saturated carbocycles. The number of rotatable bonds is 32. The summed E-state index contributed by atoms with van der Waals surface area (Å²) in [5.41, 5.74) is 11.3. The number of halogens is 8. The fourth-order valence-electron chi connectivity index (χ4n) is 7.77. The van der Waals surface area contributed by atoms with Crippen molar-refractivity contribution in [3.8, 4) is 34.5 Å². The van der Waals surface area contributed by atoms with Crippen molar-refractivity contribution < 1.29 is 28.4 Å². The van der Waals surface area contributed by atoms with Crippen LogP contribution in [-0.4, -0.2) is 13.2 Å². The molecule has 0 heterocycles. The maximum atomic E-state index is 6.22. The Hall–Kier alpha value is -4.34. The Morgan fingerprint density at radius 2 is 0.392 bits per heavy atom. The van der Waals surface area contributed by atoms with Crippen molar-refractivity contribution in [3.63, 3.8) is 0 Å². The highest BCUT2D eigenvalue weighted by Gasteiger charge is 2.11. The van der Waals surface area contributed by atoms with Gasteiger partial charge in [-0.3, -0.25) is 0 Å². The van der Waals surface area contributed by atoms with E-state index >= 15 is 0 Å². The zero-order valence-corrected chi connectivity index (χ0v) is 47.1. The topological polar surface area (TPSA) is 55.4 Å². The van der Waals surface area contributed by atoms with Crippen LogP contribution in [0.2, 0.25) is 0 Å². The van der Waals surface area contributed by atoms with Gasteiger partial charge in [-0.15, -0.1) is 92.8 Å². The summed E-state index contributed by atoms with van der Waals surface area (Å²) in [6, 6.07) is 35.4. The van der Waals surface area contributed by atoms with Crippen molar-refractivity contribution in [1.29, 1.82) is 0 Å². The summed E-state index contributed by atoms with van der Waals surface area (Å²) < 4.78 is 37.3. The van der Waals surface area contributed by atoms with Gasteiger partial charge < -0.3 is 28.4 Å². The maximum absolute atomic E-state index is 6.22. The van der Waals surface area contributed by atoms with E-state index in [1.807, 2.05) is 109 Å². The Balaban J connectivity index is 0.968. The van der Waals surface area contributed by atoms with Crippen molar-refractivity contribution in [3.05, 3.63) is 212 Å². The van der Waals surface area contributed by atoms with Crippen LogP contribution in [0.5, 0.6) is 34.5 Å². The van der Waals surface area contributed by atoms with Crippen molar-refractivity contribution in [1.82, 2.24) is 0 Å². The third kappa shape index (κ3) is 20.7. The molecule has 0 bridgehead atoms. The minimum absolute atomic E-state index is 0.317. The first-order valence-corrected chi connectivity index (χ1v) is 28.5. The molecule has 392 valence electrons. The van der Waals surface area contributed by atoms with Crippen LogP contribution in [0.1, 0.15) is 92.4 Å². The van der Waals surface area contributed by atoms with E-state index in [4.69, 9.17) is 121 Å². The van der Waals surface area contributed by atoms with E-state index in [9.17, 15) is 0 Å². The number of benzene rings is 6. The highest BCUT2D eigenvalue weighted by Crippen LogP contribution is 2.28. The lowest BCUT2D eigenvalue weighted by Crippen LogP contribution is -2.03. The Kier molecular flexibility index (Phi) is 26.2. The standard InChI is InChI=1S/C60H60Cl8O6/c61-31-43-13-44(32-62)20-57(19-43)71-39-51-17-52(40-72-58-21-45(33-63)14-46(22-58)34-64)28-55(27-51)69-11-9-7-5-3-1-2-4-6-8-10-12-70-56-29-53(41-73-59-23-47(35-65)15-48(24-59)36-66)18-54(30-56)42-74-60-25-49(37-67)16-50(26-60)38-68/h1-2,7-10,13-30H,3-6,11-12,31-42H2/b2-1+,9-7+,10-8?. The Bertz CT molecular complexity index is 2350. The van der Waals surface area contributed by atoms with Gasteiger partial charge in [-0.2, -0.15) is 0 Å². The highest BCUT2D eigenvalue weighted by molar-refractivity contribution is 6.19. The van der Waals surface area contributed by atoms with Crippen LogP contribution in [0.15, 0.2) is 146 Å². The lowest BCUT2D eigenvalue weighted by Gasteiger charge is -2.14. The van der Waals surface area contributed by atoms with Crippen molar-refractivity contribution >= 4 is 92.8 Å². The maximum Gasteiger partial charge on any atom is 0.120 e. The van der Waals surface area contributed by atoms with E-state index < -0.39 is 0 Å². The molecular formula is C60H60Cl8O6. The molecule has 6 aromatic carbocycles. The molecule has 0 unspecified atom stereocenters. The number of ether oxygens (including phenoxy) is 6. The molecule has 0 aromatic heterocycles. The predicted octanol–water partition coefficient (Wildman–Crippen LogP) is 18.6. The summed E-state index contributed by atoms with van der Waals surface area (Å²) in [5, 5.41) is 0. The fraction of sp³-hybridized carbons (Fsp3) is 0.300.